The maximum Gasteiger partial charge on any atom is 0.299 e. The van der Waals surface area contributed by atoms with Crippen LogP contribution in [0.4, 0.5) is 5.69 Å². The van der Waals surface area contributed by atoms with Crippen LogP contribution in [0.1, 0.15) is 17.3 Å². The van der Waals surface area contributed by atoms with Crippen molar-refractivity contribution in [3.63, 3.8) is 0 Å². The van der Waals surface area contributed by atoms with Crippen LogP contribution in [0.15, 0.2) is 18.2 Å². The van der Waals surface area contributed by atoms with Crippen LogP contribution >= 0.6 is 0 Å². The molecule has 0 aromatic heterocycles. The molecule has 6 nitrogen and oxygen atoms in total. The van der Waals surface area contributed by atoms with E-state index in [9.17, 15) is 18.0 Å². The molecule has 1 aromatic rings. The van der Waals surface area contributed by atoms with E-state index in [1.54, 1.807) is 19.1 Å². The van der Waals surface area contributed by atoms with Gasteiger partial charge in [-0.05, 0) is 18.2 Å². The summed E-state index contributed by atoms with van der Waals surface area (Å²) < 4.78 is 28.0. The highest BCUT2D eigenvalue weighted by atomic mass is 32.2. The van der Waals surface area contributed by atoms with Gasteiger partial charge in [-0.2, -0.15) is 0 Å². The van der Waals surface area contributed by atoms with E-state index in [1.807, 2.05) is 0 Å². The molecule has 0 radical (unpaired) electrons. The Kier molecular flexibility index (Phi) is 3.80. The second-order valence-corrected chi connectivity index (χ2v) is 6.88. The number of nitrogens with zero attached hydrogens (tertiary/aromatic N) is 1. The van der Waals surface area contributed by atoms with Gasteiger partial charge in [0.15, 0.2) is 9.84 Å². The number of benzene rings is 1. The van der Waals surface area contributed by atoms with E-state index in [0.29, 0.717) is 11.4 Å². The number of methoxy groups -OCH3 is 1. The Morgan fingerprint density at radius 3 is 2.55 bits per heavy atom. The molecule has 0 saturated carbocycles. The fourth-order valence-corrected chi connectivity index (χ4v) is 2.75. The summed E-state index contributed by atoms with van der Waals surface area (Å²) >= 11 is 0. The second kappa shape index (κ2) is 5.24. The zero-order valence-corrected chi connectivity index (χ0v) is 12.1. The van der Waals surface area contributed by atoms with Gasteiger partial charge >= 0.3 is 0 Å². The lowest BCUT2D eigenvalue weighted by Crippen LogP contribution is -2.34. The number of sulfone groups is 1. The Bertz CT molecular complexity index is 665. The Labute approximate surface area is 117 Å². The molecular formula is C13H15NO5S. The third kappa shape index (κ3) is 2.53. The van der Waals surface area contributed by atoms with Gasteiger partial charge < -0.3 is 9.64 Å². The maximum atomic E-state index is 11.9. The molecule has 0 fully saturated rings. The number of carbonyl (C=O) groups is 2. The van der Waals surface area contributed by atoms with Gasteiger partial charge in [0.25, 0.3) is 11.7 Å². The van der Waals surface area contributed by atoms with Gasteiger partial charge in [-0.15, -0.1) is 0 Å². The first-order valence-electron chi connectivity index (χ1n) is 6.14. The summed E-state index contributed by atoms with van der Waals surface area (Å²) in [5.74, 6) is -0.993. The number of ketones is 1. The minimum Gasteiger partial charge on any atom is -0.497 e. The third-order valence-corrected chi connectivity index (χ3v) is 4.93. The van der Waals surface area contributed by atoms with Crippen LogP contribution in [0.25, 0.3) is 0 Å². The molecule has 0 spiro atoms. The highest BCUT2D eigenvalue weighted by Gasteiger charge is 2.36. The summed E-state index contributed by atoms with van der Waals surface area (Å²) in [6.07, 6.45) is 0. The molecule has 0 atom stereocenters. The monoisotopic (exact) mass is 297 g/mol. The molecule has 20 heavy (non-hydrogen) atoms. The lowest BCUT2D eigenvalue weighted by molar-refractivity contribution is -0.114. The molecular weight excluding hydrogens is 282 g/mol. The lowest BCUT2D eigenvalue weighted by Gasteiger charge is -2.16. The first kappa shape index (κ1) is 14.5. The van der Waals surface area contributed by atoms with Crippen molar-refractivity contribution in [3.8, 4) is 5.75 Å². The van der Waals surface area contributed by atoms with Gasteiger partial charge in [0, 0.05) is 12.3 Å². The summed E-state index contributed by atoms with van der Waals surface area (Å²) in [4.78, 5) is 25.0. The van der Waals surface area contributed by atoms with Crippen LogP contribution < -0.4 is 9.64 Å². The van der Waals surface area contributed by atoms with Crippen LogP contribution in [-0.4, -0.2) is 45.3 Å². The van der Waals surface area contributed by atoms with E-state index >= 15 is 0 Å². The minimum absolute atomic E-state index is 0.0123. The first-order chi connectivity index (χ1) is 9.39. The molecule has 1 aromatic carbocycles. The molecule has 1 aliphatic heterocycles. The standard InChI is InChI=1S/C13H15NO5S/c1-3-20(17,18)7-6-14-11-5-4-9(19-2)8-10(11)12(15)13(14)16/h4-5,8H,3,6-7H2,1-2H3. The molecule has 108 valence electrons. The largest absolute Gasteiger partial charge is 0.497 e. The Morgan fingerprint density at radius 2 is 1.95 bits per heavy atom. The number of Topliss-reactive ketones (excluding diaryl/α,β-unsaturated/α-hetero) is 1. The number of rotatable bonds is 5. The molecule has 0 aliphatic carbocycles. The van der Waals surface area contributed by atoms with Crippen molar-refractivity contribution in [2.45, 2.75) is 6.92 Å². The number of fused-ring (bicyclic) bond motifs is 1. The molecule has 0 N–H and O–H groups in total. The third-order valence-electron chi connectivity index (χ3n) is 3.24. The zero-order chi connectivity index (χ0) is 14.9. The number of hydrogen-bond acceptors (Lipinski definition) is 5. The molecule has 1 aliphatic rings. The summed E-state index contributed by atoms with van der Waals surface area (Å²) in [6, 6.07) is 4.71. The Balaban J connectivity index is 2.30. The van der Waals surface area contributed by atoms with E-state index in [-0.39, 0.29) is 23.6 Å². The van der Waals surface area contributed by atoms with Crippen molar-refractivity contribution in [2.75, 3.05) is 30.1 Å². The highest BCUT2D eigenvalue weighted by Crippen LogP contribution is 2.31. The van der Waals surface area contributed by atoms with Crippen LogP contribution in [0, 0.1) is 0 Å². The molecule has 1 amide bonds. The summed E-state index contributed by atoms with van der Waals surface area (Å²) in [5.41, 5.74) is 0.690. The molecule has 0 unspecified atom stereocenters. The Hall–Kier alpha value is -1.89. The molecule has 7 heteroatoms. The first-order valence-corrected chi connectivity index (χ1v) is 7.96. The molecule has 2 rings (SSSR count). The van der Waals surface area contributed by atoms with E-state index < -0.39 is 21.5 Å². The van der Waals surface area contributed by atoms with Gasteiger partial charge in [0.2, 0.25) is 0 Å². The number of amides is 1. The van der Waals surface area contributed by atoms with E-state index in [4.69, 9.17) is 4.74 Å². The number of ether oxygens (including phenoxy) is 1. The highest BCUT2D eigenvalue weighted by molar-refractivity contribution is 7.91. The topological polar surface area (TPSA) is 80.8 Å². The summed E-state index contributed by atoms with van der Waals surface area (Å²) in [7, 11) is -1.73. The fraction of sp³-hybridized carbons (Fsp3) is 0.385. The zero-order valence-electron chi connectivity index (χ0n) is 11.3. The number of carbonyl (C=O) groups excluding carboxylic acids is 2. The quantitative estimate of drug-likeness (QED) is 0.746. The van der Waals surface area contributed by atoms with Crippen LogP contribution in [0.2, 0.25) is 0 Å². The van der Waals surface area contributed by atoms with Crippen molar-refractivity contribution >= 4 is 27.2 Å². The van der Waals surface area contributed by atoms with Crippen LogP contribution in [-0.2, 0) is 14.6 Å². The van der Waals surface area contributed by atoms with Crippen molar-refractivity contribution in [2.24, 2.45) is 0 Å². The van der Waals surface area contributed by atoms with E-state index in [2.05, 4.69) is 0 Å². The summed E-state index contributed by atoms with van der Waals surface area (Å²) in [5, 5.41) is 0. The minimum atomic E-state index is -3.19. The average Bonchev–Trinajstić information content (AvgIpc) is 2.68. The predicted octanol–water partition coefficient (Wildman–Crippen LogP) is 0.659. The normalized spacial score (nSPS) is 14.6. The smallest absolute Gasteiger partial charge is 0.299 e. The van der Waals surface area contributed by atoms with E-state index in [1.165, 1.54) is 18.1 Å². The Morgan fingerprint density at radius 1 is 1.25 bits per heavy atom. The van der Waals surface area contributed by atoms with Crippen LogP contribution in [0.3, 0.4) is 0 Å². The average molecular weight is 297 g/mol. The van der Waals surface area contributed by atoms with Gasteiger partial charge in [-0.3, -0.25) is 9.59 Å². The van der Waals surface area contributed by atoms with Gasteiger partial charge in [-0.1, -0.05) is 6.92 Å². The molecule has 1 heterocycles. The number of hydrogen-bond donors (Lipinski definition) is 0. The maximum absolute atomic E-state index is 11.9. The van der Waals surface area contributed by atoms with E-state index in [0.717, 1.165) is 0 Å². The van der Waals surface area contributed by atoms with Crippen molar-refractivity contribution in [3.05, 3.63) is 23.8 Å². The van der Waals surface area contributed by atoms with Crippen molar-refractivity contribution in [1.29, 1.82) is 0 Å². The molecule has 0 saturated heterocycles. The second-order valence-electron chi connectivity index (χ2n) is 4.41. The van der Waals surface area contributed by atoms with Gasteiger partial charge in [0.05, 0.1) is 24.1 Å². The van der Waals surface area contributed by atoms with Crippen molar-refractivity contribution < 1.29 is 22.7 Å². The van der Waals surface area contributed by atoms with Crippen LogP contribution in [0.5, 0.6) is 5.75 Å². The van der Waals surface area contributed by atoms with Gasteiger partial charge in [-0.25, -0.2) is 8.42 Å². The van der Waals surface area contributed by atoms with Crippen molar-refractivity contribution in [1.82, 2.24) is 0 Å². The lowest BCUT2D eigenvalue weighted by atomic mass is 10.1. The molecule has 0 bridgehead atoms. The SMILES string of the molecule is CCS(=O)(=O)CCN1C(=O)C(=O)c2cc(OC)ccc21. The summed E-state index contributed by atoms with van der Waals surface area (Å²) in [6.45, 7) is 1.53. The predicted molar refractivity (Wildman–Crippen MR) is 74.0 cm³/mol. The number of anilines is 1. The fourth-order valence-electron chi connectivity index (χ4n) is 2.00. The van der Waals surface area contributed by atoms with Gasteiger partial charge in [0.1, 0.15) is 5.75 Å².